The van der Waals surface area contributed by atoms with Gasteiger partial charge >= 0.3 is 0 Å². The first-order valence-electron chi connectivity index (χ1n) is 6.00. The molecule has 0 aromatic carbocycles. The van der Waals surface area contributed by atoms with Gasteiger partial charge in [0.1, 0.15) is 11.6 Å². The standard InChI is InChI=1S/C11H17N7S/c1-12-9-8-10(16-11(15-9)19-2)13-4-3-6-18-7-5-14-17-18/h5,7-8H,3-4,6H2,1-2H3,(H2,12,13,15,16). The van der Waals surface area contributed by atoms with Crippen LogP contribution in [0.5, 0.6) is 0 Å². The van der Waals surface area contributed by atoms with Crippen molar-refractivity contribution in [3.63, 3.8) is 0 Å². The Morgan fingerprint density at radius 3 is 2.84 bits per heavy atom. The fourth-order valence-corrected chi connectivity index (χ4v) is 1.92. The third kappa shape index (κ3) is 4.09. The van der Waals surface area contributed by atoms with Gasteiger partial charge in [0.25, 0.3) is 0 Å². The molecule has 0 bridgehead atoms. The summed E-state index contributed by atoms with van der Waals surface area (Å²) in [6, 6.07) is 1.90. The van der Waals surface area contributed by atoms with E-state index in [0.717, 1.165) is 36.3 Å². The average molecular weight is 279 g/mol. The van der Waals surface area contributed by atoms with Crippen LogP contribution in [-0.4, -0.2) is 44.8 Å². The van der Waals surface area contributed by atoms with Crippen molar-refractivity contribution in [3.8, 4) is 0 Å². The number of aromatic nitrogens is 5. The second kappa shape index (κ2) is 6.93. The van der Waals surface area contributed by atoms with Crippen molar-refractivity contribution in [1.29, 1.82) is 0 Å². The Balaban J connectivity index is 1.84. The van der Waals surface area contributed by atoms with Crippen molar-refractivity contribution in [2.75, 3.05) is 30.5 Å². The highest BCUT2D eigenvalue weighted by Crippen LogP contribution is 2.16. The van der Waals surface area contributed by atoms with E-state index < -0.39 is 0 Å². The van der Waals surface area contributed by atoms with Gasteiger partial charge < -0.3 is 10.6 Å². The zero-order chi connectivity index (χ0) is 13.5. The van der Waals surface area contributed by atoms with Gasteiger partial charge in [0.2, 0.25) is 0 Å². The minimum atomic E-state index is 0.755. The van der Waals surface area contributed by atoms with Gasteiger partial charge in [-0.3, -0.25) is 4.68 Å². The molecular formula is C11H17N7S. The number of anilines is 2. The molecule has 0 atom stereocenters. The summed E-state index contributed by atoms with van der Waals surface area (Å²) in [5.74, 6) is 1.65. The van der Waals surface area contributed by atoms with Crippen molar-refractivity contribution in [2.45, 2.75) is 18.1 Å². The lowest BCUT2D eigenvalue weighted by Gasteiger charge is -2.08. The van der Waals surface area contributed by atoms with Crippen LogP contribution in [0.1, 0.15) is 6.42 Å². The first-order chi connectivity index (χ1) is 9.31. The lowest BCUT2D eigenvalue weighted by molar-refractivity contribution is 0.569. The third-order valence-electron chi connectivity index (χ3n) is 2.49. The van der Waals surface area contributed by atoms with Crippen LogP contribution in [0.4, 0.5) is 11.6 Å². The van der Waals surface area contributed by atoms with Crippen molar-refractivity contribution in [3.05, 3.63) is 18.5 Å². The van der Waals surface area contributed by atoms with Crippen LogP contribution in [0.15, 0.2) is 23.6 Å². The number of rotatable bonds is 7. The van der Waals surface area contributed by atoms with E-state index in [1.807, 2.05) is 30.2 Å². The number of thioether (sulfide) groups is 1. The second-order valence-corrected chi connectivity index (χ2v) is 4.59. The van der Waals surface area contributed by atoms with Gasteiger partial charge in [0.05, 0.1) is 6.20 Å². The molecule has 7 nitrogen and oxygen atoms in total. The summed E-state index contributed by atoms with van der Waals surface area (Å²) in [6.07, 6.45) is 6.46. The van der Waals surface area contributed by atoms with E-state index in [0.29, 0.717) is 0 Å². The van der Waals surface area contributed by atoms with Gasteiger partial charge in [-0.05, 0) is 12.7 Å². The van der Waals surface area contributed by atoms with E-state index in [2.05, 4.69) is 30.9 Å². The van der Waals surface area contributed by atoms with Gasteiger partial charge in [-0.2, -0.15) is 0 Å². The minimum Gasteiger partial charge on any atom is -0.373 e. The average Bonchev–Trinajstić information content (AvgIpc) is 2.96. The molecule has 2 N–H and O–H groups in total. The summed E-state index contributed by atoms with van der Waals surface area (Å²) in [4.78, 5) is 8.72. The van der Waals surface area contributed by atoms with Crippen LogP contribution in [0.25, 0.3) is 0 Å². The van der Waals surface area contributed by atoms with Gasteiger partial charge in [0, 0.05) is 32.4 Å². The Bertz CT molecular complexity index is 477. The highest BCUT2D eigenvalue weighted by Gasteiger charge is 2.02. The summed E-state index contributed by atoms with van der Waals surface area (Å²) in [5.41, 5.74) is 0. The molecule has 0 saturated heterocycles. The molecule has 0 radical (unpaired) electrons. The Labute approximate surface area is 116 Å². The normalized spacial score (nSPS) is 10.4. The molecule has 2 aromatic heterocycles. The molecule has 102 valence electrons. The van der Waals surface area contributed by atoms with Crippen LogP contribution in [-0.2, 0) is 6.54 Å². The number of hydrogen-bond donors (Lipinski definition) is 2. The van der Waals surface area contributed by atoms with Gasteiger partial charge in [-0.15, -0.1) is 5.10 Å². The van der Waals surface area contributed by atoms with E-state index in [1.54, 1.807) is 6.20 Å². The highest BCUT2D eigenvalue weighted by atomic mass is 32.2. The lowest BCUT2D eigenvalue weighted by Crippen LogP contribution is -2.09. The van der Waals surface area contributed by atoms with E-state index in [4.69, 9.17) is 0 Å². The maximum absolute atomic E-state index is 4.40. The summed E-state index contributed by atoms with van der Waals surface area (Å²) in [6.45, 7) is 1.67. The van der Waals surface area contributed by atoms with E-state index in [9.17, 15) is 0 Å². The highest BCUT2D eigenvalue weighted by molar-refractivity contribution is 7.98. The molecule has 0 aliphatic heterocycles. The van der Waals surface area contributed by atoms with Crippen LogP contribution in [0.2, 0.25) is 0 Å². The molecule has 2 rings (SSSR count). The number of hydrogen-bond acceptors (Lipinski definition) is 7. The van der Waals surface area contributed by atoms with Gasteiger partial charge in [-0.1, -0.05) is 17.0 Å². The number of nitrogens with zero attached hydrogens (tertiary/aromatic N) is 5. The van der Waals surface area contributed by atoms with Crippen molar-refractivity contribution in [1.82, 2.24) is 25.0 Å². The SMILES string of the molecule is CNc1cc(NCCCn2ccnn2)nc(SC)n1. The topological polar surface area (TPSA) is 80.5 Å². The molecule has 0 aliphatic carbocycles. The van der Waals surface area contributed by atoms with Gasteiger partial charge in [0.15, 0.2) is 5.16 Å². The summed E-state index contributed by atoms with van der Waals surface area (Å²) in [5, 5.41) is 14.8. The van der Waals surface area contributed by atoms with Gasteiger partial charge in [-0.25, -0.2) is 9.97 Å². The molecule has 2 heterocycles. The van der Waals surface area contributed by atoms with E-state index in [1.165, 1.54) is 11.8 Å². The molecule has 0 fully saturated rings. The predicted octanol–water partition coefficient (Wildman–Crippen LogP) is 1.33. The summed E-state index contributed by atoms with van der Waals surface area (Å²) in [7, 11) is 1.85. The maximum Gasteiger partial charge on any atom is 0.191 e. The minimum absolute atomic E-state index is 0.755. The van der Waals surface area contributed by atoms with E-state index in [-0.39, 0.29) is 0 Å². The summed E-state index contributed by atoms with van der Waals surface area (Å²) < 4.78 is 1.81. The molecular weight excluding hydrogens is 262 g/mol. The second-order valence-electron chi connectivity index (χ2n) is 3.82. The Morgan fingerprint density at radius 1 is 1.32 bits per heavy atom. The molecule has 0 aliphatic rings. The zero-order valence-corrected chi connectivity index (χ0v) is 11.8. The quantitative estimate of drug-likeness (QED) is 0.449. The predicted molar refractivity (Wildman–Crippen MR) is 76.5 cm³/mol. The largest absolute Gasteiger partial charge is 0.373 e. The first-order valence-corrected chi connectivity index (χ1v) is 7.23. The van der Waals surface area contributed by atoms with Crippen molar-refractivity contribution < 1.29 is 0 Å². The van der Waals surface area contributed by atoms with Crippen LogP contribution in [0, 0.1) is 0 Å². The first kappa shape index (κ1) is 13.6. The molecule has 19 heavy (non-hydrogen) atoms. The molecule has 0 unspecified atom stereocenters. The molecule has 0 spiro atoms. The monoisotopic (exact) mass is 279 g/mol. The summed E-state index contributed by atoms with van der Waals surface area (Å²) >= 11 is 1.53. The van der Waals surface area contributed by atoms with Crippen LogP contribution in [0.3, 0.4) is 0 Å². The Hall–Kier alpha value is -1.83. The molecule has 2 aromatic rings. The van der Waals surface area contributed by atoms with E-state index >= 15 is 0 Å². The fraction of sp³-hybridized carbons (Fsp3) is 0.455. The van der Waals surface area contributed by atoms with Crippen molar-refractivity contribution in [2.24, 2.45) is 0 Å². The smallest absolute Gasteiger partial charge is 0.191 e. The Morgan fingerprint density at radius 2 is 2.16 bits per heavy atom. The molecule has 8 heteroatoms. The number of aryl methyl sites for hydroxylation is 1. The number of nitrogens with one attached hydrogen (secondary N) is 2. The zero-order valence-electron chi connectivity index (χ0n) is 11.0. The van der Waals surface area contributed by atoms with Crippen molar-refractivity contribution >= 4 is 23.4 Å². The fourth-order valence-electron chi connectivity index (χ4n) is 1.54. The third-order valence-corrected chi connectivity index (χ3v) is 3.03. The molecule has 0 amide bonds. The molecule has 0 saturated carbocycles. The van der Waals surface area contributed by atoms with Crippen LogP contribution < -0.4 is 10.6 Å². The maximum atomic E-state index is 4.40. The lowest BCUT2D eigenvalue weighted by atomic mass is 10.4. The Kier molecular flexibility index (Phi) is 4.96. The van der Waals surface area contributed by atoms with Crippen LogP contribution >= 0.6 is 11.8 Å².